The first-order valence-electron chi connectivity index (χ1n) is 12.2. The predicted molar refractivity (Wildman–Crippen MR) is 145 cm³/mol. The molecule has 1 aliphatic heterocycles. The Hall–Kier alpha value is -4.24. The lowest BCUT2D eigenvalue weighted by Gasteiger charge is -2.23. The molecule has 2 heterocycles. The maximum atomic E-state index is 13.4. The predicted octanol–water partition coefficient (Wildman–Crippen LogP) is 5.60. The van der Waals surface area contributed by atoms with Crippen molar-refractivity contribution in [1.29, 1.82) is 0 Å². The van der Waals surface area contributed by atoms with Crippen molar-refractivity contribution in [3.8, 4) is 5.75 Å². The molecule has 8 nitrogen and oxygen atoms in total. The van der Waals surface area contributed by atoms with Gasteiger partial charge in [-0.3, -0.25) is 14.5 Å². The van der Waals surface area contributed by atoms with Crippen LogP contribution in [-0.4, -0.2) is 41.0 Å². The minimum atomic E-state index is -0.955. The smallest absolute Gasteiger partial charge is 0.350 e. The van der Waals surface area contributed by atoms with Gasteiger partial charge in [0.15, 0.2) is 5.13 Å². The van der Waals surface area contributed by atoms with Gasteiger partial charge < -0.3 is 14.6 Å². The number of unbranched alkanes of at least 4 members (excludes halogenated alkanes) is 1. The number of carbonyl (C=O) groups is 3. The highest BCUT2D eigenvalue weighted by molar-refractivity contribution is 7.17. The Labute approximate surface area is 224 Å². The molecule has 196 valence electrons. The number of aliphatic hydroxyl groups is 1. The third kappa shape index (κ3) is 5.38. The van der Waals surface area contributed by atoms with Crippen molar-refractivity contribution in [3.63, 3.8) is 0 Å². The van der Waals surface area contributed by atoms with Gasteiger partial charge in [0.05, 0.1) is 23.9 Å². The third-order valence-electron chi connectivity index (χ3n) is 5.94. The second-order valence-corrected chi connectivity index (χ2v) is 9.59. The number of amides is 1. The molecule has 2 aromatic carbocycles. The molecule has 3 aromatic rings. The molecule has 1 saturated heterocycles. The number of aryl methyl sites for hydroxylation is 1. The molecule has 1 amide bonds. The van der Waals surface area contributed by atoms with E-state index in [4.69, 9.17) is 9.47 Å². The van der Waals surface area contributed by atoms with Crippen LogP contribution in [0.2, 0.25) is 0 Å². The number of benzene rings is 2. The van der Waals surface area contributed by atoms with Crippen LogP contribution in [0.1, 0.15) is 52.3 Å². The molecule has 0 aliphatic carbocycles. The normalized spacial score (nSPS) is 16.5. The number of anilines is 1. The van der Waals surface area contributed by atoms with Crippen LogP contribution in [0.15, 0.2) is 72.8 Å². The van der Waals surface area contributed by atoms with Gasteiger partial charge in [-0.2, -0.15) is 0 Å². The molecule has 1 atom stereocenters. The van der Waals surface area contributed by atoms with E-state index in [0.29, 0.717) is 29.2 Å². The van der Waals surface area contributed by atoms with Gasteiger partial charge in [-0.1, -0.05) is 79.8 Å². The fourth-order valence-corrected chi connectivity index (χ4v) is 5.07. The van der Waals surface area contributed by atoms with Gasteiger partial charge in [0, 0.05) is 5.56 Å². The van der Waals surface area contributed by atoms with Crippen molar-refractivity contribution in [1.82, 2.24) is 4.98 Å². The summed E-state index contributed by atoms with van der Waals surface area (Å²) in [5, 5.41) is 11.5. The van der Waals surface area contributed by atoms with E-state index in [2.05, 4.69) is 18.5 Å². The molecule has 9 heteroatoms. The molecular formula is C29H28N2O6S. The number of aromatic nitrogens is 1. The van der Waals surface area contributed by atoms with Crippen molar-refractivity contribution in [2.45, 2.75) is 32.7 Å². The molecule has 1 aliphatic rings. The highest BCUT2D eigenvalue weighted by Crippen LogP contribution is 2.44. The molecule has 0 bridgehead atoms. The summed E-state index contributed by atoms with van der Waals surface area (Å²) in [5.41, 5.74) is 1.24. The fourth-order valence-electron chi connectivity index (χ4n) is 4.08. The molecule has 1 fully saturated rings. The molecule has 4 rings (SSSR count). The number of hydrogen-bond donors (Lipinski definition) is 1. The molecule has 0 saturated carbocycles. The van der Waals surface area contributed by atoms with E-state index >= 15 is 0 Å². The maximum absolute atomic E-state index is 13.4. The van der Waals surface area contributed by atoms with Crippen molar-refractivity contribution >= 4 is 39.9 Å². The van der Waals surface area contributed by atoms with Gasteiger partial charge in [-0.05, 0) is 31.0 Å². The van der Waals surface area contributed by atoms with Crippen LogP contribution < -0.4 is 9.64 Å². The number of esters is 1. The summed E-state index contributed by atoms with van der Waals surface area (Å²) in [4.78, 5) is 45.1. The van der Waals surface area contributed by atoms with Gasteiger partial charge in [-0.25, -0.2) is 9.78 Å². The van der Waals surface area contributed by atoms with E-state index in [1.807, 2.05) is 6.07 Å². The highest BCUT2D eigenvalue weighted by atomic mass is 32.1. The quantitative estimate of drug-likeness (QED) is 0.0905. The lowest BCUT2D eigenvalue weighted by atomic mass is 9.95. The summed E-state index contributed by atoms with van der Waals surface area (Å²) >= 11 is 0.951. The molecule has 1 N–H and O–H groups in total. The maximum Gasteiger partial charge on any atom is 0.350 e. The Morgan fingerprint density at radius 1 is 1.18 bits per heavy atom. The summed E-state index contributed by atoms with van der Waals surface area (Å²) in [6.07, 6.45) is 3.31. The lowest BCUT2D eigenvalue weighted by molar-refractivity contribution is -0.132. The van der Waals surface area contributed by atoms with Gasteiger partial charge in [0.1, 0.15) is 23.0 Å². The first kappa shape index (κ1) is 26.8. The molecule has 38 heavy (non-hydrogen) atoms. The Morgan fingerprint density at radius 2 is 1.95 bits per heavy atom. The summed E-state index contributed by atoms with van der Waals surface area (Å²) < 4.78 is 10.9. The molecule has 1 aromatic heterocycles. The van der Waals surface area contributed by atoms with Crippen molar-refractivity contribution in [3.05, 3.63) is 94.5 Å². The second-order valence-electron chi connectivity index (χ2n) is 8.61. The number of rotatable bonds is 10. The Morgan fingerprint density at radius 3 is 2.66 bits per heavy atom. The van der Waals surface area contributed by atoms with Gasteiger partial charge in [0.25, 0.3) is 5.78 Å². The van der Waals surface area contributed by atoms with Gasteiger partial charge in [0.2, 0.25) is 0 Å². The average molecular weight is 533 g/mol. The first-order chi connectivity index (χ1) is 18.4. The van der Waals surface area contributed by atoms with E-state index in [-0.39, 0.29) is 27.9 Å². The molecule has 0 spiro atoms. The highest BCUT2D eigenvalue weighted by Gasteiger charge is 2.48. The largest absolute Gasteiger partial charge is 0.507 e. The number of ether oxygens (including phenoxy) is 2. The van der Waals surface area contributed by atoms with Crippen molar-refractivity contribution < 1.29 is 29.0 Å². The number of thiazole rings is 1. The summed E-state index contributed by atoms with van der Waals surface area (Å²) in [6.45, 7) is 7.78. The van der Waals surface area contributed by atoms with Crippen molar-refractivity contribution in [2.24, 2.45) is 0 Å². The number of Topliss-reactive ketones (excluding diaryl/α,β-unsaturated/α-hetero) is 1. The summed E-state index contributed by atoms with van der Waals surface area (Å²) in [6, 6.07) is 14.7. The Kier molecular flexibility index (Phi) is 8.38. The van der Waals surface area contributed by atoms with Crippen LogP contribution in [0.25, 0.3) is 5.76 Å². The van der Waals surface area contributed by atoms with E-state index in [0.717, 1.165) is 24.2 Å². The monoisotopic (exact) mass is 532 g/mol. The SMILES string of the molecule is C=CCOC(=O)c1sc(N2C(=O)C(=O)/C(=C(/O)c3cccc(OCCCC)c3)C2c2ccccc2)nc1C. The second kappa shape index (κ2) is 11.9. The number of carbonyl (C=O) groups excluding carboxylic acids is 3. The topological polar surface area (TPSA) is 106 Å². The number of ketones is 1. The van der Waals surface area contributed by atoms with Crippen LogP contribution in [-0.2, 0) is 14.3 Å². The van der Waals surface area contributed by atoms with Crippen LogP contribution in [0.5, 0.6) is 5.75 Å². The van der Waals surface area contributed by atoms with E-state index in [9.17, 15) is 19.5 Å². The Balaban J connectivity index is 1.81. The number of aliphatic hydroxyl groups excluding tert-OH is 1. The minimum Gasteiger partial charge on any atom is -0.507 e. The van der Waals surface area contributed by atoms with Crippen LogP contribution in [0.3, 0.4) is 0 Å². The van der Waals surface area contributed by atoms with Crippen LogP contribution >= 0.6 is 11.3 Å². The zero-order valence-electron chi connectivity index (χ0n) is 21.2. The van der Waals surface area contributed by atoms with Gasteiger partial charge in [-0.15, -0.1) is 0 Å². The Bertz CT molecular complexity index is 1400. The molecule has 1 unspecified atom stereocenters. The van der Waals surface area contributed by atoms with Crippen molar-refractivity contribution in [2.75, 3.05) is 18.1 Å². The zero-order valence-corrected chi connectivity index (χ0v) is 22.0. The number of nitrogens with zero attached hydrogens (tertiary/aromatic N) is 2. The average Bonchev–Trinajstić information content (AvgIpc) is 3.44. The van der Waals surface area contributed by atoms with Gasteiger partial charge >= 0.3 is 11.9 Å². The van der Waals surface area contributed by atoms with E-state index in [1.54, 1.807) is 55.5 Å². The fraction of sp³-hybridized carbons (Fsp3) is 0.241. The zero-order chi connectivity index (χ0) is 27.2. The third-order valence-corrected chi connectivity index (χ3v) is 7.08. The summed E-state index contributed by atoms with van der Waals surface area (Å²) in [7, 11) is 0. The van der Waals surface area contributed by atoms with Crippen LogP contribution in [0.4, 0.5) is 5.13 Å². The molecule has 0 radical (unpaired) electrons. The van der Waals surface area contributed by atoms with E-state index < -0.39 is 23.7 Å². The van der Waals surface area contributed by atoms with E-state index in [1.165, 1.54) is 11.0 Å². The summed E-state index contributed by atoms with van der Waals surface area (Å²) in [5.74, 6) is -2.07. The minimum absolute atomic E-state index is 0.0290. The molecular weight excluding hydrogens is 504 g/mol. The standard InChI is InChI=1S/C29H28N2O6S/c1-4-6-16-36-21-14-10-13-20(17-21)24(32)22-23(19-11-8-7-9-12-19)31(27(34)25(22)33)29-30-18(3)26(38-29)28(35)37-15-5-2/h5,7-14,17,23,32H,2,4,6,15-16H2,1,3H3/b24-22+. The number of hydrogen-bond acceptors (Lipinski definition) is 8. The van der Waals surface area contributed by atoms with Crippen LogP contribution in [0, 0.1) is 6.92 Å². The lowest BCUT2D eigenvalue weighted by Crippen LogP contribution is -2.29. The first-order valence-corrected chi connectivity index (χ1v) is 13.0.